The van der Waals surface area contributed by atoms with Crippen molar-refractivity contribution < 1.29 is 0 Å². The third-order valence-corrected chi connectivity index (χ3v) is 1.82. The average Bonchev–Trinajstić information content (AvgIpc) is 2.21. The van der Waals surface area contributed by atoms with E-state index in [1.165, 1.54) is 0 Å². The number of hydrogen-bond acceptors (Lipinski definition) is 0. The number of hydrogen-bond donors (Lipinski definition) is 0. The van der Waals surface area contributed by atoms with E-state index in [0.29, 0.717) is 10.0 Å². The van der Waals surface area contributed by atoms with Gasteiger partial charge in [0, 0.05) is 10.0 Å². The zero-order chi connectivity index (χ0) is 10.2. The lowest BCUT2D eigenvalue weighted by molar-refractivity contribution is 1.69. The van der Waals surface area contributed by atoms with Gasteiger partial charge in [0.1, 0.15) is 0 Å². The van der Waals surface area contributed by atoms with Crippen molar-refractivity contribution in [1.29, 1.82) is 0 Å². The van der Waals surface area contributed by atoms with Gasteiger partial charge < -0.3 is 0 Å². The molecule has 0 aliphatic carbocycles. The molecule has 14 heavy (non-hydrogen) atoms. The quantitative estimate of drug-likeness (QED) is 0.618. The van der Waals surface area contributed by atoms with Crippen LogP contribution < -0.4 is 0 Å². The SMILES string of the molecule is Clc1c[c]cc(Cl)c1.c1ccccc1. The minimum Gasteiger partial charge on any atom is -0.0843 e. The van der Waals surface area contributed by atoms with E-state index in [4.69, 9.17) is 23.2 Å². The first-order chi connectivity index (χ1) is 6.79. The summed E-state index contributed by atoms with van der Waals surface area (Å²) in [5.74, 6) is 0. The number of halogens is 2. The molecule has 2 aromatic rings. The van der Waals surface area contributed by atoms with Gasteiger partial charge in [-0.05, 0) is 24.3 Å². The van der Waals surface area contributed by atoms with Crippen LogP contribution in [0.2, 0.25) is 10.0 Å². The Morgan fingerprint density at radius 3 is 1.29 bits per heavy atom. The van der Waals surface area contributed by atoms with Crippen molar-refractivity contribution in [3.8, 4) is 0 Å². The van der Waals surface area contributed by atoms with Gasteiger partial charge in [0.05, 0.1) is 0 Å². The third-order valence-electron chi connectivity index (χ3n) is 1.38. The van der Waals surface area contributed by atoms with Gasteiger partial charge in [-0.2, -0.15) is 0 Å². The number of rotatable bonds is 0. The second kappa shape index (κ2) is 6.47. The molecule has 0 saturated heterocycles. The van der Waals surface area contributed by atoms with Gasteiger partial charge in [0.2, 0.25) is 0 Å². The predicted octanol–water partition coefficient (Wildman–Crippen LogP) is 4.48. The lowest BCUT2D eigenvalue weighted by Crippen LogP contribution is -1.61. The van der Waals surface area contributed by atoms with Gasteiger partial charge in [0.15, 0.2) is 0 Å². The molecular weight excluding hydrogens is 215 g/mol. The summed E-state index contributed by atoms with van der Waals surface area (Å²) >= 11 is 11.1. The molecule has 0 fully saturated rings. The van der Waals surface area contributed by atoms with Gasteiger partial charge in [-0.3, -0.25) is 0 Å². The van der Waals surface area contributed by atoms with Crippen LogP contribution in [-0.4, -0.2) is 0 Å². The molecule has 0 heterocycles. The molecule has 0 spiro atoms. The normalized spacial score (nSPS) is 8.71. The second-order valence-electron chi connectivity index (χ2n) is 2.52. The Balaban J connectivity index is 0.000000146. The van der Waals surface area contributed by atoms with E-state index in [1.54, 1.807) is 18.2 Å². The average molecular weight is 224 g/mol. The largest absolute Gasteiger partial charge is 0.0843 e. The van der Waals surface area contributed by atoms with Crippen molar-refractivity contribution in [3.63, 3.8) is 0 Å². The van der Waals surface area contributed by atoms with Gasteiger partial charge in [-0.15, -0.1) is 0 Å². The Hall–Kier alpha value is -0.980. The molecule has 0 unspecified atom stereocenters. The summed E-state index contributed by atoms with van der Waals surface area (Å²) in [5.41, 5.74) is 0. The molecule has 0 aliphatic heterocycles. The van der Waals surface area contributed by atoms with Crippen LogP contribution in [-0.2, 0) is 0 Å². The zero-order valence-corrected chi connectivity index (χ0v) is 8.96. The molecule has 0 aliphatic rings. The fourth-order valence-corrected chi connectivity index (χ4v) is 1.22. The Bertz CT molecular complexity index is 314. The summed E-state index contributed by atoms with van der Waals surface area (Å²) in [7, 11) is 0. The molecule has 2 heteroatoms. The first-order valence-electron chi connectivity index (χ1n) is 4.11. The maximum Gasteiger partial charge on any atom is 0.0426 e. The molecule has 0 saturated carbocycles. The summed E-state index contributed by atoms with van der Waals surface area (Å²) < 4.78 is 0. The summed E-state index contributed by atoms with van der Waals surface area (Å²) in [5, 5.41) is 1.25. The first kappa shape index (κ1) is 11.1. The fourth-order valence-electron chi connectivity index (χ4n) is 0.801. The molecule has 2 aromatic carbocycles. The Morgan fingerprint density at radius 1 is 0.714 bits per heavy atom. The van der Waals surface area contributed by atoms with E-state index in [9.17, 15) is 0 Å². The Kier molecular flexibility index (Phi) is 5.13. The van der Waals surface area contributed by atoms with Crippen LogP contribution in [0.3, 0.4) is 0 Å². The zero-order valence-electron chi connectivity index (χ0n) is 7.45. The molecule has 0 bridgehead atoms. The lowest BCUT2D eigenvalue weighted by atomic mass is 10.4. The molecule has 2 rings (SSSR count). The van der Waals surface area contributed by atoms with Crippen LogP contribution in [0.1, 0.15) is 0 Å². The minimum atomic E-state index is 0.623. The standard InChI is InChI=1S/C6H3Cl2.C6H6/c7-5-2-1-3-6(8)4-5;1-2-4-6-5-3-1/h2-4H;1-6H. The monoisotopic (exact) mass is 223 g/mol. The van der Waals surface area contributed by atoms with E-state index >= 15 is 0 Å². The van der Waals surface area contributed by atoms with E-state index in [2.05, 4.69) is 6.07 Å². The molecule has 71 valence electrons. The van der Waals surface area contributed by atoms with E-state index in [-0.39, 0.29) is 0 Å². The Labute approximate surface area is 94.1 Å². The highest BCUT2D eigenvalue weighted by Crippen LogP contribution is 2.13. The topological polar surface area (TPSA) is 0 Å². The highest BCUT2D eigenvalue weighted by Gasteiger charge is 1.85. The maximum atomic E-state index is 5.53. The minimum absolute atomic E-state index is 0.623. The van der Waals surface area contributed by atoms with Crippen molar-refractivity contribution in [2.45, 2.75) is 0 Å². The lowest BCUT2D eigenvalue weighted by Gasteiger charge is -1.86. The smallest absolute Gasteiger partial charge is 0.0426 e. The van der Waals surface area contributed by atoms with Crippen LogP contribution in [0.25, 0.3) is 0 Å². The molecular formula is C12H9Cl2. The molecule has 0 nitrogen and oxygen atoms in total. The van der Waals surface area contributed by atoms with Crippen molar-refractivity contribution in [3.05, 3.63) is 70.7 Å². The predicted molar refractivity (Wildman–Crippen MR) is 61.7 cm³/mol. The molecule has 1 radical (unpaired) electrons. The van der Waals surface area contributed by atoms with Crippen LogP contribution in [0, 0.1) is 6.07 Å². The van der Waals surface area contributed by atoms with Crippen LogP contribution in [0.15, 0.2) is 54.6 Å². The van der Waals surface area contributed by atoms with Gasteiger partial charge in [-0.25, -0.2) is 0 Å². The van der Waals surface area contributed by atoms with Crippen molar-refractivity contribution in [1.82, 2.24) is 0 Å². The highest BCUT2D eigenvalue weighted by atomic mass is 35.5. The van der Waals surface area contributed by atoms with Crippen LogP contribution >= 0.6 is 23.2 Å². The van der Waals surface area contributed by atoms with Crippen molar-refractivity contribution >= 4 is 23.2 Å². The molecule has 0 amide bonds. The summed E-state index contributed by atoms with van der Waals surface area (Å²) in [6.45, 7) is 0. The molecule has 0 N–H and O–H groups in total. The summed E-state index contributed by atoms with van der Waals surface area (Å²) in [6.07, 6.45) is 0. The fraction of sp³-hybridized carbons (Fsp3) is 0. The highest BCUT2D eigenvalue weighted by molar-refractivity contribution is 6.34. The third kappa shape index (κ3) is 4.90. The second-order valence-corrected chi connectivity index (χ2v) is 3.40. The van der Waals surface area contributed by atoms with E-state index < -0.39 is 0 Å². The van der Waals surface area contributed by atoms with Crippen molar-refractivity contribution in [2.75, 3.05) is 0 Å². The van der Waals surface area contributed by atoms with Gasteiger partial charge >= 0.3 is 0 Å². The van der Waals surface area contributed by atoms with Gasteiger partial charge in [0.25, 0.3) is 0 Å². The Morgan fingerprint density at radius 2 is 1.07 bits per heavy atom. The summed E-state index contributed by atoms with van der Waals surface area (Å²) in [6, 6.07) is 19.8. The van der Waals surface area contributed by atoms with Crippen LogP contribution in [0.5, 0.6) is 0 Å². The van der Waals surface area contributed by atoms with Crippen molar-refractivity contribution in [2.24, 2.45) is 0 Å². The number of benzene rings is 2. The maximum absolute atomic E-state index is 5.53. The first-order valence-corrected chi connectivity index (χ1v) is 4.87. The summed E-state index contributed by atoms with van der Waals surface area (Å²) in [4.78, 5) is 0. The van der Waals surface area contributed by atoms with Gasteiger partial charge in [-0.1, -0.05) is 59.6 Å². The molecule has 0 atom stereocenters. The van der Waals surface area contributed by atoms with E-state index in [0.717, 1.165) is 0 Å². The van der Waals surface area contributed by atoms with Crippen LogP contribution in [0.4, 0.5) is 0 Å². The van der Waals surface area contributed by atoms with E-state index in [1.807, 2.05) is 36.4 Å². The molecule has 0 aromatic heterocycles.